The molecule has 0 saturated carbocycles. The molecule has 0 fully saturated rings. The summed E-state index contributed by atoms with van der Waals surface area (Å²) in [6.45, 7) is 0. The lowest BCUT2D eigenvalue weighted by atomic mass is 9.67. The predicted molar refractivity (Wildman–Crippen MR) is 158 cm³/mol. The van der Waals surface area contributed by atoms with Crippen LogP contribution in [-0.4, -0.2) is 4.57 Å². The Kier molecular flexibility index (Phi) is 4.50. The lowest BCUT2D eigenvalue weighted by Crippen LogP contribution is -2.28. The molecule has 178 valence electrons. The summed E-state index contributed by atoms with van der Waals surface area (Å²) < 4.78 is 2.43. The monoisotopic (exact) mass is 483 g/mol. The first-order valence-electron chi connectivity index (χ1n) is 13.2. The summed E-state index contributed by atoms with van der Waals surface area (Å²) >= 11 is 0. The Bertz CT molecular complexity index is 1870. The Hall–Kier alpha value is -4.88. The average Bonchev–Trinajstić information content (AvgIpc) is 3.49. The van der Waals surface area contributed by atoms with E-state index in [-0.39, 0.29) is 0 Å². The van der Waals surface area contributed by atoms with E-state index in [1.807, 2.05) is 0 Å². The van der Waals surface area contributed by atoms with E-state index < -0.39 is 5.41 Å². The van der Waals surface area contributed by atoms with Gasteiger partial charge in [-0.2, -0.15) is 0 Å². The molecule has 0 unspecified atom stereocenters. The van der Waals surface area contributed by atoms with Gasteiger partial charge in [-0.15, -0.1) is 0 Å². The van der Waals surface area contributed by atoms with E-state index in [4.69, 9.17) is 0 Å². The first-order chi connectivity index (χ1) is 18.9. The van der Waals surface area contributed by atoms with Crippen molar-refractivity contribution in [2.45, 2.75) is 5.41 Å². The van der Waals surface area contributed by atoms with E-state index in [2.05, 4.69) is 156 Å². The topological polar surface area (TPSA) is 4.93 Å². The molecule has 1 aromatic heterocycles. The van der Waals surface area contributed by atoms with E-state index in [9.17, 15) is 0 Å². The van der Waals surface area contributed by atoms with Crippen molar-refractivity contribution in [1.29, 1.82) is 0 Å². The van der Waals surface area contributed by atoms with Gasteiger partial charge in [-0.25, -0.2) is 0 Å². The van der Waals surface area contributed by atoms with E-state index in [0.29, 0.717) is 0 Å². The number of rotatable bonds is 3. The number of fused-ring (bicyclic) bond motifs is 6. The van der Waals surface area contributed by atoms with Crippen LogP contribution in [0, 0.1) is 0 Å². The maximum Gasteiger partial charge on any atom is 0.0714 e. The molecular formula is C37H25N. The minimum absolute atomic E-state index is 0.400. The smallest absolute Gasteiger partial charge is 0.0714 e. The quantitative estimate of drug-likeness (QED) is 0.236. The summed E-state index contributed by atoms with van der Waals surface area (Å²) in [6.07, 6.45) is 0. The molecule has 1 nitrogen and oxygen atoms in total. The number of nitrogens with zero attached hydrogens (tertiary/aromatic N) is 1. The molecule has 1 aliphatic carbocycles. The summed E-state index contributed by atoms with van der Waals surface area (Å²) in [5.41, 5.74) is 11.1. The van der Waals surface area contributed by atoms with Crippen LogP contribution >= 0.6 is 0 Å². The molecule has 6 aromatic carbocycles. The first kappa shape index (κ1) is 21.2. The van der Waals surface area contributed by atoms with Gasteiger partial charge in [0.1, 0.15) is 0 Å². The molecule has 7 aromatic rings. The summed E-state index contributed by atoms with van der Waals surface area (Å²) in [5.74, 6) is 0. The highest BCUT2D eigenvalue weighted by Crippen LogP contribution is 2.56. The third-order valence-corrected chi connectivity index (χ3v) is 8.28. The normalized spacial score (nSPS) is 13.5. The Morgan fingerprint density at radius 3 is 1.53 bits per heavy atom. The van der Waals surface area contributed by atoms with Crippen LogP contribution < -0.4 is 0 Å². The van der Waals surface area contributed by atoms with Crippen molar-refractivity contribution in [3.8, 4) is 16.8 Å². The predicted octanol–water partition coefficient (Wildman–Crippen LogP) is 9.15. The van der Waals surface area contributed by atoms with Crippen molar-refractivity contribution in [3.63, 3.8) is 0 Å². The molecule has 0 saturated heterocycles. The highest BCUT2D eigenvalue weighted by atomic mass is 15.0. The Morgan fingerprint density at radius 1 is 0.395 bits per heavy atom. The third-order valence-electron chi connectivity index (χ3n) is 8.28. The van der Waals surface area contributed by atoms with Crippen LogP contribution in [0.1, 0.15) is 22.3 Å². The van der Waals surface area contributed by atoms with Crippen molar-refractivity contribution in [3.05, 3.63) is 174 Å². The van der Waals surface area contributed by atoms with E-state index in [0.717, 1.165) is 0 Å². The number of hydrogen-bond donors (Lipinski definition) is 0. The largest absolute Gasteiger partial charge is 0.309 e. The molecular weight excluding hydrogens is 458 g/mol. The van der Waals surface area contributed by atoms with Gasteiger partial charge < -0.3 is 4.57 Å². The molecule has 0 spiro atoms. The minimum Gasteiger partial charge on any atom is -0.309 e. The van der Waals surface area contributed by atoms with Gasteiger partial charge >= 0.3 is 0 Å². The van der Waals surface area contributed by atoms with Crippen LogP contribution in [0.3, 0.4) is 0 Å². The van der Waals surface area contributed by atoms with Crippen molar-refractivity contribution in [1.82, 2.24) is 4.57 Å². The Labute approximate surface area is 222 Å². The van der Waals surface area contributed by atoms with Gasteiger partial charge in [0.25, 0.3) is 0 Å². The van der Waals surface area contributed by atoms with Gasteiger partial charge in [-0.3, -0.25) is 0 Å². The Morgan fingerprint density at radius 2 is 0.895 bits per heavy atom. The maximum atomic E-state index is 2.44. The molecule has 38 heavy (non-hydrogen) atoms. The molecule has 0 amide bonds. The zero-order valence-electron chi connectivity index (χ0n) is 20.9. The summed E-state index contributed by atoms with van der Waals surface area (Å²) in [5, 5.41) is 2.56. The molecule has 0 atom stereocenters. The maximum absolute atomic E-state index is 2.44. The average molecular weight is 484 g/mol. The lowest BCUT2D eigenvalue weighted by Gasteiger charge is -2.34. The molecule has 0 radical (unpaired) electrons. The highest BCUT2D eigenvalue weighted by Gasteiger charge is 2.46. The van der Waals surface area contributed by atoms with Gasteiger partial charge in [-0.05, 0) is 57.6 Å². The van der Waals surface area contributed by atoms with Gasteiger partial charge in [0.05, 0.1) is 16.4 Å². The zero-order valence-corrected chi connectivity index (χ0v) is 20.9. The molecule has 0 bridgehead atoms. The van der Waals surface area contributed by atoms with Crippen molar-refractivity contribution in [2.75, 3.05) is 0 Å². The van der Waals surface area contributed by atoms with Gasteiger partial charge in [0.15, 0.2) is 0 Å². The molecule has 1 aliphatic rings. The minimum atomic E-state index is -0.400. The van der Waals surface area contributed by atoms with Gasteiger partial charge in [0, 0.05) is 16.5 Å². The van der Waals surface area contributed by atoms with Gasteiger partial charge in [0.2, 0.25) is 0 Å². The molecule has 8 rings (SSSR count). The molecule has 0 N–H and O–H groups in total. The van der Waals surface area contributed by atoms with Crippen LogP contribution in [0.15, 0.2) is 152 Å². The number of aromatic nitrogens is 1. The van der Waals surface area contributed by atoms with Crippen LogP contribution in [0.5, 0.6) is 0 Å². The molecule has 1 heteroatoms. The number of benzene rings is 6. The zero-order chi connectivity index (χ0) is 25.1. The van der Waals surface area contributed by atoms with E-state index in [1.54, 1.807) is 0 Å². The summed E-state index contributed by atoms with van der Waals surface area (Å²) in [7, 11) is 0. The van der Waals surface area contributed by atoms with Crippen LogP contribution in [0.25, 0.3) is 38.6 Å². The number of hydrogen-bond acceptors (Lipinski definition) is 0. The van der Waals surface area contributed by atoms with Crippen LogP contribution in [0.2, 0.25) is 0 Å². The Balaban J connectivity index is 1.51. The summed E-state index contributed by atoms with van der Waals surface area (Å²) in [6, 6.07) is 55.5. The third kappa shape index (κ3) is 2.76. The summed E-state index contributed by atoms with van der Waals surface area (Å²) in [4.78, 5) is 0. The second kappa shape index (κ2) is 8.06. The van der Waals surface area contributed by atoms with Crippen molar-refractivity contribution in [2.24, 2.45) is 0 Å². The first-order valence-corrected chi connectivity index (χ1v) is 13.2. The molecule has 1 heterocycles. The van der Waals surface area contributed by atoms with Crippen LogP contribution in [-0.2, 0) is 5.41 Å². The van der Waals surface area contributed by atoms with Gasteiger partial charge in [-0.1, -0.05) is 127 Å². The SMILES string of the molecule is c1ccc(C2(c3ccccc3)c3ccccc3-c3ccc(-n4c5ccccc5c5ccccc54)cc32)cc1. The van der Waals surface area contributed by atoms with Crippen LogP contribution in [0.4, 0.5) is 0 Å². The highest BCUT2D eigenvalue weighted by molar-refractivity contribution is 6.09. The van der Waals surface area contributed by atoms with Crippen molar-refractivity contribution < 1.29 is 0 Å². The number of para-hydroxylation sites is 2. The fourth-order valence-corrected chi connectivity index (χ4v) is 6.77. The second-order valence-electron chi connectivity index (χ2n) is 10.1. The van der Waals surface area contributed by atoms with E-state index >= 15 is 0 Å². The standard InChI is InChI=1S/C37H25N/c1-3-13-26(14-4-1)37(27-15-5-2-6-16-27)33-20-10-7-17-29(33)30-24-23-28(25-34(30)37)38-35-21-11-8-18-31(35)32-19-9-12-22-36(32)38/h1-25H. The fraction of sp³-hybridized carbons (Fsp3) is 0.0270. The van der Waals surface area contributed by atoms with Crippen molar-refractivity contribution >= 4 is 21.8 Å². The fourth-order valence-electron chi connectivity index (χ4n) is 6.77. The molecule has 0 aliphatic heterocycles. The second-order valence-corrected chi connectivity index (χ2v) is 10.1. The lowest BCUT2D eigenvalue weighted by molar-refractivity contribution is 0.767. The van der Waals surface area contributed by atoms with E-state index in [1.165, 1.54) is 60.9 Å².